The molecule has 0 spiro atoms. The zero-order valence-electron chi connectivity index (χ0n) is 17.4. The van der Waals surface area contributed by atoms with Crippen LogP contribution in [-0.4, -0.2) is 62.8 Å². The molecule has 0 radical (unpaired) electrons. The van der Waals surface area contributed by atoms with Crippen LogP contribution in [0.15, 0.2) is 17.1 Å². The SMILES string of the molecule is CCNC(=NCc1cc(OC)c(OC)c(OC)c1)N1CCSC(C(C)C)C1. The van der Waals surface area contributed by atoms with Crippen molar-refractivity contribution in [1.82, 2.24) is 10.2 Å². The number of methoxy groups -OCH3 is 3. The summed E-state index contributed by atoms with van der Waals surface area (Å²) in [6.07, 6.45) is 0. The molecule has 152 valence electrons. The van der Waals surface area contributed by atoms with Crippen molar-refractivity contribution < 1.29 is 14.2 Å². The van der Waals surface area contributed by atoms with E-state index in [0.717, 1.165) is 36.9 Å². The van der Waals surface area contributed by atoms with E-state index in [-0.39, 0.29) is 0 Å². The Morgan fingerprint density at radius 2 is 1.89 bits per heavy atom. The van der Waals surface area contributed by atoms with Crippen molar-refractivity contribution >= 4 is 17.7 Å². The van der Waals surface area contributed by atoms with E-state index in [1.54, 1.807) is 21.3 Å². The van der Waals surface area contributed by atoms with Gasteiger partial charge in [0.15, 0.2) is 17.5 Å². The fourth-order valence-electron chi connectivity index (χ4n) is 3.09. The van der Waals surface area contributed by atoms with Crippen molar-refractivity contribution in [2.75, 3.05) is 46.7 Å². The number of thioether (sulfide) groups is 1. The predicted molar refractivity (Wildman–Crippen MR) is 114 cm³/mol. The first kappa shape index (κ1) is 21.5. The lowest BCUT2D eigenvalue weighted by molar-refractivity contribution is 0.324. The Balaban J connectivity index is 2.21. The lowest BCUT2D eigenvalue weighted by Crippen LogP contribution is -2.49. The summed E-state index contributed by atoms with van der Waals surface area (Å²) < 4.78 is 16.3. The number of hydrogen-bond acceptors (Lipinski definition) is 5. The normalized spacial score (nSPS) is 17.8. The van der Waals surface area contributed by atoms with Gasteiger partial charge in [0.2, 0.25) is 5.75 Å². The fourth-order valence-corrected chi connectivity index (χ4v) is 4.39. The van der Waals surface area contributed by atoms with Gasteiger partial charge in [0.1, 0.15) is 0 Å². The van der Waals surface area contributed by atoms with Gasteiger partial charge < -0.3 is 24.4 Å². The van der Waals surface area contributed by atoms with Gasteiger partial charge in [-0.1, -0.05) is 13.8 Å². The predicted octanol–water partition coefficient (Wildman–Crippen LogP) is 3.25. The van der Waals surface area contributed by atoms with Gasteiger partial charge in [-0.15, -0.1) is 0 Å². The Labute approximate surface area is 167 Å². The summed E-state index contributed by atoms with van der Waals surface area (Å²) in [5.41, 5.74) is 1.02. The number of guanidine groups is 1. The van der Waals surface area contributed by atoms with Gasteiger partial charge in [-0.3, -0.25) is 0 Å². The fraction of sp³-hybridized carbons (Fsp3) is 0.650. The third kappa shape index (κ3) is 5.61. The summed E-state index contributed by atoms with van der Waals surface area (Å²) in [6.45, 7) is 10.1. The van der Waals surface area contributed by atoms with E-state index in [9.17, 15) is 0 Å². The molecule has 0 aliphatic carbocycles. The second kappa shape index (κ2) is 10.5. The van der Waals surface area contributed by atoms with Crippen molar-refractivity contribution in [1.29, 1.82) is 0 Å². The van der Waals surface area contributed by atoms with Crippen LogP contribution >= 0.6 is 11.8 Å². The molecule has 1 aromatic carbocycles. The van der Waals surface area contributed by atoms with E-state index in [1.165, 1.54) is 0 Å². The van der Waals surface area contributed by atoms with E-state index in [0.29, 0.717) is 35.0 Å². The van der Waals surface area contributed by atoms with Crippen LogP contribution in [0.2, 0.25) is 0 Å². The van der Waals surface area contributed by atoms with Crippen molar-refractivity contribution in [3.8, 4) is 17.2 Å². The van der Waals surface area contributed by atoms with Crippen LogP contribution in [0.5, 0.6) is 17.2 Å². The molecule has 0 aromatic heterocycles. The molecule has 0 amide bonds. The van der Waals surface area contributed by atoms with Gasteiger partial charge in [0.25, 0.3) is 0 Å². The Kier molecular flexibility index (Phi) is 8.41. The smallest absolute Gasteiger partial charge is 0.203 e. The minimum Gasteiger partial charge on any atom is -0.493 e. The molecule has 1 N–H and O–H groups in total. The van der Waals surface area contributed by atoms with Crippen LogP contribution in [0.3, 0.4) is 0 Å². The molecule has 1 saturated heterocycles. The number of rotatable bonds is 7. The van der Waals surface area contributed by atoms with Crippen LogP contribution < -0.4 is 19.5 Å². The lowest BCUT2D eigenvalue weighted by atomic mass is 10.1. The Morgan fingerprint density at radius 3 is 2.41 bits per heavy atom. The highest BCUT2D eigenvalue weighted by Gasteiger charge is 2.25. The third-order valence-electron chi connectivity index (χ3n) is 4.61. The standard InChI is InChI=1S/C20H33N3O3S/c1-7-21-20(23-8-9-27-18(13-23)14(2)3)22-12-15-10-16(24-4)19(26-6)17(11-15)25-5/h10-11,14,18H,7-9,12-13H2,1-6H3,(H,21,22). The van der Waals surface area contributed by atoms with Gasteiger partial charge in [-0.2, -0.15) is 11.8 Å². The zero-order valence-corrected chi connectivity index (χ0v) is 18.2. The monoisotopic (exact) mass is 395 g/mol. The van der Waals surface area contributed by atoms with E-state index in [1.807, 2.05) is 12.1 Å². The number of hydrogen-bond donors (Lipinski definition) is 1. The second-order valence-electron chi connectivity index (χ2n) is 6.80. The quantitative estimate of drug-likeness (QED) is 0.565. The number of ether oxygens (including phenoxy) is 3. The summed E-state index contributed by atoms with van der Waals surface area (Å²) in [5.74, 6) is 4.68. The molecule has 1 atom stereocenters. The van der Waals surface area contributed by atoms with Crippen molar-refractivity contribution in [2.24, 2.45) is 10.9 Å². The summed E-state index contributed by atoms with van der Waals surface area (Å²) in [4.78, 5) is 7.26. The molecule has 1 aliphatic rings. The van der Waals surface area contributed by atoms with Crippen molar-refractivity contribution in [3.05, 3.63) is 17.7 Å². The average Bonchev–Trinajstić information content (AvgIpc) is 2.70. The van der Waals surface area contributed by atoms with Gasteiger partial charge in [-0.25, -0.2) is 4.99 Å². The van der Waals surface area contributed by atoms with E-state index >= 15 is 0 Å². The van der Waals surface area contributed by atoms with E-state index in [2.05, 4.69) is 42.7 Å². The molecular weight excluding hydrogens is 362 g/mol. The third-order valence-corrected chi connectivity index (χ3v) is 6.15. The molecule has 0 bridgehead atoms. The molecular formula is C20H33N3O3S. The average molecular weight is 396 g/mol. The molecule has 27 heavy (non-hydrogen) atoms. The first-order valence-electron chi connectivity index (χ1n) is 9.47. The molecule has 1 heterocycles. The van der Waals surface area contributed by atoms with Crippen LogP contribution in [0.4, 0.5) is 0 Å². The van der Waals surface area contributed by atoms with Gasteiger partial charge >= 0.3 is 0 Å². The van der Waals surface area contributed by atoms with Gasteiger partial charge in [0.05, 0.1) is 27.9 Å². The summed E-state index contributed by atoms with van der Waals surface area (Å²) in [7, 11) is 4.87. The Bertz CT molecular complexity index is 612. The van der Waals surface area contributed by atoms with Crippen LogP contribution in [0.1, 0.15) is 26.3 Å². The molecule has 1 aromatic rings. The topological polar surface area (TPSA) is 55.3 Å². The maximum Gasteiger partial charge on any atom is 0.203 e. The molecule has 1 unspecified atom stereocenters. The van der Waals surface area contributed by atoms with Crippen molar-refractivity contribution in [3.63, 3.8) is 0 Å². The maximum absolute atomic E-state index is 5.45. The number of nitrogens with one attached hydrogen (secondary N) is 1. The number of aliphatic imine (C=N–C) groups is 1. The first-order chi connectivity index (χ1) is 13.0. The highest BCUT2D eigenvalue weighted by atomic mass is 32.2. The highest BCUT2D eigenvalue weighted by Crippen LogP contribution is 2.38. The largest absolute Gasteiger partial charge is 0.493 e. The zero-order chi connectivity index (χ0) is 19.8. The van der Waals surface area contributed by atoms with Crippen LogP contribution in [0, 0.1) is 5.92 Å². The van der Waals surface area contributed by atoms with Crippen molar-refractivity contribution in [2.45, 2.75) is 32.6 Å². The molecule has 1 fully saturated rings. The number of nitrogens with zero attached hydrogens (tertiary/aromatic N) is 2. The van der Waals surface area contributed by atoms with Gasteiger partial charge in [0, 0.05) is 30.6 Å². The Hall–Kier alpha value is -1.76. The molecule has 2 rings (SSSR count). The van der Waals surface area contributed by atoms with Crippen LogP contribution in [0.25, 0.3) is 0 Å². The Morgan fingerprint density at radius 1 is 1.22 bits per heavy atom. The van der Waals surface area contributed by atoms with E-state index < -0.39 is 0 Å². The molecule has 1 aliphatic heterocycles. The highest BCUT2D eigenvalue weighted by molar-refractivity contribution is 8.00. The summed E-state index contributed by atoms with van der Waals surface area (Å²) >= 11 is 2.07. The maximum atomic E-state index is 5.45. The lowest BCUT2D eigenvalue weighted by Gasteiger charge is -2.36. The number of benzene rings is 1. The minimum atomic E-state index is 0.551. The molecule has 6 nitrogen and oxygen atoms in total. The summed E-state index contributed by atoms with van der Waals surface area (Å²) in [6, 6.07) is 3.91. The second-order valence-corrected chi connectivity index (χ2v) is 8.15. The van der Waals surface area contributed by atoms with Crippen LogP contribution in [-0.2, 0) is 6.54 Å². The van der Waals surface area contributed by atoms with E-state index in [4.69, 9.17) is 19.2 Å². The van der Waals surface area contributed by atoms with Gasteiger partial charge in [-0.05, 0) is 30.5 Å². The minimum absolute atomic E-state index is 0.551. The molecule has 7 heteroatoms. The summed E-state index contributed by atoms with van der Waals surface area (Å²) in [5, 5.41) is 4.08. The first-order valence-corrected chi connectivity index (χ1v) is 10.5. The molecule has 0 saturated carbocycles.